The Labute approximate surface area is 116 Å². The van der Waals surface area contributed by atoms with Crippen LogP contribution in [0.4, 0.5) is 5.69 Å². The first kappa shape index (κ1) is 13.7. The molecule has 0 aliphatic rings. The minimum absolute atomic E-state index is 0.722. The largest absolute Gasteiger partial charge is 0.388 e. The van der Waals surface area contributed by atoms with Crippen LogP contribution in [0.25, 0.3) is 0 Å². The first-order valence-corrected chi connectivity index (χ1v) is 7.02. The van der Waals surface area contributed by atoms with Crippen LogP contribution in [-0.2, 0) is 12.8 Å². The summed E-state index contributed by atoms with van der Waals surface area (Å²) < 4.78 is 0. The van der Waals surface area contributed by atoms with Gasteiger partial charge in [0.1, 0.15) is 0 Å². The Hall–Kier alpha value is -1.76. The molecule has 2 rings (SSSR count). The first-order chi connectivity index (χ1) is 9.17. The van der Waals surface area contributed by atoms with Crippen molar-refractivity contribution in [3.8, 4) is 0 Å². The maximum atomic E-state index is 3.14. The van der Waals surface area contributed by atoms with Crippen LogP contribution in [0.3, 0.4) is 0 Å². The van der Waals surface area contributed by atoms with Gasteiger partial charge in [0.25, 0.3) is 0 Å². The first-order valence-electron chi connectivity index (χ1n) is 7.02. The molecule has 0 radical (unpaired) electrons. The van der Waals surface area contributed by atoms with Gasteiger partial charge >= 0.3 is 0 Å². The van der Waals surface area contributed by atoms with Gasteiger partial charge in [-0.2, -0.15) is 0 Å². The van der Waals surface area contributed by atoms with Gasteiger partial charge in [-0.05, 0) is 47.6 Å². The average Bonchev–Trinajstić information content (AvgIpc) is 2.41. The molecule has 1 heteroatoms. The fourth-order valence-corrected chi connectivity index (χ4v) is 2.29. The Bertz CT molecular complexity index is 494. The van der Waals surface area contributed by atoms with Crippen molar-refractivity contribution in [1.82, 2.24) is 0 Å². The van der Waals surface area contributed by atoms with Gasteiger partial charge in [-0.1, -0.05) is 50.2 Å². The van der Waals surface area contributed by atoms with Crippen molar-refractivity contribution in [2.75, 3.05) is 12.4 Å². The summed E-state index contributed by atoms with van der Waals surface area (Å²) in [6.07, 6.45) is 2.17. The molecule has 0 aromatic heterocycles. The van der Waals surface area contributed by atoms with E-state index in [2.05, 4.69) is 67.7 Å². The van der Waals surface area contributed by atoms with Crippen LogP contribution in [0.1, 0.15) is 30.5 Å². The van der Waals surface area contributed by atoms with Crippen molar-refractivity contribution >= 4 is 5.69 Å². The summed E-state index contributed by atoms with van der Waals surface area (Å²) in [7, 11) is 1.95. The number of rotatable bonds is 5. The third-order valence-electron chi connectivity index (χ3n) is 3.32. The van der Waals surface area contributed by atoms with Gasteiger partial charge in [-0.3, -0.25) is 0 Å². The molecule has 0 unspecified atom stereocenters. The Kier molecular flexibility index (Phi) is 4.62. The molecular weight excluding hydrogens is 230 g/mol. The van der Waals surface area contributed by atoms with Crippen molar-refractivity contribution in [2.45, 2.75) is 26.7 Å². The van der Waals surface area contributed by atoms with Gasteiger partial charge in [-0.15, -0.1) is 0 Å². The van der Waals surface area contributed by atoms with Gasteiger partial charge < -0.3 is 5.32 Å². The van der Waals surface area contributed by atoms with E-state index in [1.54, 1.807) is 0 Å². The predicted octanol–water partition coefficient (Wildman–Crippen LogP) is 4.52. The van der Waals surface area contributed by atoms with Crippen LogP contribution in [0.15, 0.2) is 48.5 Å². The van der Waals surface area contributed by atoms with E-state index >= 15 is 0 Å². The summed E-state index contributed by atoms with van der Waals surface area (Å²) in [6.45, 7) is 4.52. The average molecular weight is 253 g/mol. The van der Waals surface area contributed by atoms with Gasteiger partial charge in [0, 0.05) is 12.7 Å². The molecule has 0 spiro atoms. The molecule has 0 saturated heterocycles. The molecule has 0 saturated carbocycles. The van der Waals surface area contributed by atoms with E-state index in [1.165, 1.54) is 16.7 Å². The van der Waals surface area contributed by atoms with Gasteiger partial charge in [-0.25, -0.2) is 0 Å². The smallest absolute Gasteiger partial charge is 0.0337 e. The summed E-state index contributed by atoms with van der Waals surface area (Å²) in [4.78, 5) is 0. The van der Waals surface area contributed by atoms with Crippen molar-refractivity contribution < 1.29 is 0 Å². The Morgan fingerprint density at radius 3 is 1.74 bits per heavy atom. The minimum atomic E-state index is 0.722. The molecule has 0 aliphatic carbocycles. The SMILES string of the molecule is CNc1ccc(Cc2ccc(CC(C)C)cc2)cc1. The van der Waals surface area contributed by atoms with E-state index in [-0.39, 0.29) is 0 Å². The number of benzene rings is 2. The molecule has 2 aromatic rings. The van der Waals surface area contributed by atoms with Crippen LogP contribution < -0.4 is 5.32 Å². The lowest BCUT2D eigenvalue weighted by molar-refractivity contribution is 0.647. The molecule has 19 heavy (non-hydrogen) atoms. The molecule has 0 amide bonds. The Balaban J connectivity index is 2.02. The monoisotopic (exact) mass is 253 g/mol. The maximum Gasteiger partial charge on any atom is 0.0337 e. The Morgan fingerprint density at radius 1 is 0.789 bits per heavy atom. The van der Waals surface area contributed by atoms with Crippen molar-refractivity contribution in [1.29, 1.82) is 0 Å². The zero-order valence-corrected chi connectivity index (χ0v) is 12.1. The van der Waals surface area contributed by atoms with Gasteiger partial charge in [0.15, 0.2) is 0 Å². The Morgan fingerprint density at radius 2 is 1.26 bits per heavy atom. The summed E-state index contributed by atoms with van der Waals surface area (Å²) in [6, 6.07) is 17.7. The topological polar surface area (TPSA) is 12.0 Å². The van der Waals surface area contributed by atoms with E-state index in [1.807, 2.05) is 7.05 Å². The third kappa shape index (κ3) is 4.13. The molecule has 0 aliphatic heterocycles. The molecule has 0 bridgehead atoms. The fraction of sp³-hybridized carbons (Fsp3) is 0.333. The van der Waals surface area contributed by atoms with Gasteiger partial charge in [0.2, 0.25) is 0 Å². The van der Waals surface area contributed by atoms with Crippen LogP contribution in [0.5, 0.6) is 0 Å². The van der Waals surface area contributed by atoms with Crippen molar-refractivity contribution in [3.63, 3.8) is 0 Å². The van der Waals surface area contributed by atoms with E-state index in [0.29, 0.717) is 0 Å². The van der Waals surface area contributed by atoms with Crippen molar-refractivity contribution in [3.05, 3.63) is 65.2 Å². The zero-order valence-electron chi connectivity index (χ0n) is 12.1. The highest BCUT2D eigenvalue weighted by Crippen LogP contribution is 2.15. The molecule has 1 nitrogen and oxygen atoms in total. The van der Waals surface area contributed by atoms with Crippen molar-refractivity contribution in [2.24, 2.45) is 5.92 Å². The molecule has 100 valence electrons. The van der Waals surface area contributed by atoms with Crippen LogP contribution in [-0.4, -0.2) is 7.05 Å². The van der Waals surface area contributed by atoms with E-state index < -0.39 is 0 Å². The molecule has 0 atom stereocenters. The van der Waals surface area contributed by atoms with E-state index in [0.717, 1.165) is 24.4 Å². The molecule has 1 N–H and O–H groups in total. The lowest BCUT2D eigenvalue weighted by Crippen LogP contribution is -1.95. The lowest BCUT2D eigenvalue weighted by Gasteiger charge is -2.07. The number of anilines is 1. The highest BCUT2D eigenvalue weighted by Gasteiger charge is 2.00. The van der Waals surface area contributed by atoms with E-state index in [4.69, 9.17) is 0 Å². The molecule has 2 aromatic carbocycles. The second-order valence-corrected chi connectivity index (χ2v) is 5.54. The van der Waals surface area contributed by atoms with Crippen LogP contribution >= 0.6 is 0 Å². The fourth-order valence-electron chi connectivity index (χ4n) is 2.29. The van der Waals surface area contributed by atoms with Gasteiger partial charge in [0.05, 0.1) is 0 Å². The summed E-state index contributed by atoms with van der Waals surface area (Å²) in [5.74, 6) is 0.722. The molecular formula is C18H23N. The van der Waals surface area contributed by atoms with Crippen LogP contribution in [0.2, 0.25) is 0 Å². The predicted molar refractivity (Wildman–Crippen MR) is 83.8 cm³/mol. The standard InChI is InChI=1S/C18H23N/c1-14(2)12-15-4-6-16(7-5-15)13-17-8-10-18(19-3)11-9-17/h4-11,14,19H,12-13H2,1-3H3. The highest BCUT2D eigenvalue weighted by molar-refractivity contribution is 5.44. The highest BCUT2D eigenvalue weighted by atomic mass is 14.8. The minimum Gasteiger partial charge on any atom is -0.388 e. The van der Waals surface area contributed by atoms with Crippen LogP contribution in [0, 0.1) is 5.92 Å². The summed E-state index contributed by atoms with van der Waals surface area (Å²) in [5, 5.41) is 3.14. The molecule has 0 fully saturated rings. The van der Waals surface area contributed by atoms with E-state index in [9.17, 15) is 0 Å². The number of hydrogen-bond acceptors (Lipinski definition) is 1. The number of nitrogens with one attached hydrogen (secondary N) is 1. The zero-order chi connectivity index (χ0) is 13.7. The molecule has 0 heterocycles. The normalized spacial score (nSPS) is 10.7. The lowest BCUT2D eigenvalue weighted by atomic mass is 9.99. The maximum absolute atomic E-state index is 3.14. The summed E-state index contributed by atoms with van der Waals surface area (Å²) >= 11 is 0. The second kappa shape index (κ2) is 6.42. The quantitative estimate of drug-likeness (QED) is 0.826. The number of hydrogen-bond donors (Lipinski definition) is 1. The summed E-state index contributed by atoms with van der Waals surface area (Å²) in [5.41, 5.74) is 5.33. The third-order valence-corrected chi connectivity index (χ3v) is 3.32. The second-order valence-electron chi connectivity index (χ2n) is 5.54.